The molecule has 2 N–H and O–H groups in total. The molecule has 0 aliphatic carbocycles. The highest BCUT2D eigenvalue weighted by Crippen LogP contribution is 2.39. The third kappa shape index (κ3) is 2.23. The minimum Gasteiger partial charge on any atom is -0.489 e. The Kier molecular flexibility index (Phi) is 3.54. The first-order valence-corrected chi connectivity index (χ1v) is 5.85. The van der Waals surface area contributed by atoms with Crippen LogP contribution in [0.15, 0.2) is 6.07 Å². The highest BCUT2D eigenvalue weighted by atomic mass is 35.5. The van der Waals surface area contributed by atoms with Crippen LogP contribution in [-0.2, 0) is 0 Å². The van der Waals surface area contributed by atoms with E-state index in [4.69, 9.17) is 26.8 Å². The molecule has 1 heterocycles. The summed E-state index contributed by atoms with van der Waals surface area (Å²) in [5.41, 5.74) is 6.50. The molecule has 0 amide bonds. The summed E-state index contributed by atoms with van der Waals surface area (Å²) in [5, 5.41) is 0.363. The Morgan fingerprint density at radius 1 is 1.47 bits per heavy atom. The summed E-state index contributed by atoms with van der Waals surface area (Å²) >= 11 is 6.08. The minimum absolute atomic E-state index is 0.0692. The second-order valence-corrected chi connectivity index (χ2v) is 4.27. The van der Waals surface area contributed by atoms with Gasteiger partial charge in [0.05, 0.1) is 24.8 Å². The fraction of sp³-hybridized carbons (Fsp3) is 0.417. The number of hydrogen-bond donors (Lipinski definition) is 1. The molecule has 17 heavy (non-hydrogen) atoms. The van der Waals surface area contributed by atoms with Gasteiger partial charge in [-0.05, 0) is 6.92 Å². The van der Waals surface area contributed by atoms with E-state index in [0.29, 0.717) is 40.9 Å². The van der Waals surface area contributed by atoms with Gasteiger partial charge < -0.3 is 15.2 Å². The van der Waals surface area contributed by atoms with Crippen LogP contribution in [-0.4, -0.2) is 25.5 Å². The molecular weight excluding hydrogens is 242 g/mol. The van der Waals surface area contributed by atoms with Gasteiger partial charge in [0.1, 0.15) is 0 Å². The van der Waals surface area contributed by atoms with Crippen molar-refractivity contribution < 1.29 is 14.3 Å². The average Bonchev–Trinajstić information content (AvgIpc) is 2.54. The number of rotatable bonds is 2. The maximum absolute atomic E-state index is 11.7. The molecule has 0 aromatic heterocycles. The topological polar surface area (TPSA) is 61.6 Å². The zero-order valence-electron chi connectivity index (χ0n) is 9.59. The Balaban J connectivity index is 2.56. The van der Waals surface area contributed by atoms with E-state index in [9.17, 15) is 4.79 Å². The molecule has 0 unspecified atom stereocenters. The molecule has 0 bridgehead atoms. The van der Waals surface area contributed by atoms with Crippen molar-refractivity contribution >= 4 is 17.4 Å². The largest absolute Gasteiger partial charge is 0.489 e. The van der Waals surface area contributed by atoms with E-state index in [1.54, 1.807) is 13.0 Å². The van der Waals surface area contributed by atoms with Crippen molar-refractivity contribution in [2.45, 2.75) is 13.3 Å². The van der Waals surface area contributed by atoms with E-state index in [1.165, 1.54) is 0 Å². The minimum atomic E-state index is -0.192. The summed E-state index contributed by atoms with van der Waals surface area (Å²) in [5.74, 6) is 1.01. The van der Waals surface area contributed by atoms with E-state index in [0.717, 1.165) is 6.42 Å². The number of halogens is 1. The fourth-order valence-electron chi connectivity index (χ4n) is 1.88. The van der Waals surface area contributed by atoms with Crippen LogP contribution in [0.5, 0.6) is 11.5 Å². The second-order valence-electron chi connectivity index (χ2n) is 3.86. The van der Waals surface area contributed by atoms with Crippen LogP contribution < -0.4 is 15.2 Å². The normalized spacial score (nSPS) is 14.3. The van der Waals surface area contributed by atoms with E-state index in [-0.39, 0.29) is 12.3 Å². The van der Waals surface area contributed by atoms with E-state index in [2.05, 4.69) is 0 Å². The first-order valence-electron chi connectivity index (χ1n) is 5.47. The lowest BCUT2D eigenvalue weighted by Gasteiger charge is -2.14. The Morgan fingerprint density at radius 3 is 2.88 bits per heavy atom. The van der Waals surface area contributed by atoms with Crippen molar-refractivity contribution in [2.24, 2.45) is 5.73 Å². The quantitative estimate of drug-likeness (QED) is 0.821. The molecule has 0 saturated carbocycles. The Hall–Kier alpha value is -1.26. The summed E-state index contributed by atoms with van der Waals surface area (Å²) in [6.45, 7) is 2.89. The van der Waals surface area contributed by atoms with E-state index < -0.39 is 0 Å². The third-order valence-electron chi connectivity index (χ3n) is 2.69. The molecule has 1 aliphatic rings. The fourth-order valence-corrected chi connectivity index (χ4v) is 2.22. The van der Waals surface area contributed by atoms with E-state index >= 15 is 0 Å². The number of fused-ring (bicyclic) bond motifs is 1. The van der Waals surface area contributed by atoms with Crippen LogP contribution in [0.1, 0.15) is 22.3 Å². The highest BCUT2D eigenvalue weighted by molar-refractivity contribution is 6.34. The lowest BCUT2D eigenvalue weighted by molar-refractivity contribution is 0.100. The third-order valence-corrected chi connectivity index (χ3v) is 2.99. The molecule has 0 fully saturated rings. The van der Waals surface area contributed by atoms with Crippen molar-refractivity contribution in [3.05, 3.63) is 22.2 Å². The van der Waals surface area contributed by atoms with Gasteiger partial charge in [-0.1, -0.05) is 11.6 Å². The molecule has 2 rings (SSSR count). The Morgan fingerprint density at radius 2 is 2.18 bits per heavy atom. The summed E-state index contributed by atoms with van der Waals surface area (Å²) in [4.78, 5) is 11.7. The maximum atomic E-state index is 11.7. The predicted octanol–water partition coefficient (Wildman–Crippen LogP) is 1.95. The molecule has 0 radical (unpaired) electrons. The molecule has 4 nitrogen and oxygen atoms in total. The summed E-state index contributed by atoms with van der Waals surface area (Å²) in [6, 6.07) is 1.62. The molecule has 5 heteroatoms. The van der Waals surface area contributed by atoms with Gasteiger partial charge in [-0.25, -0.2) is 0 Å². The number of hydrogen-bond acceptors (Lipinski definition) is 4. The lowest BCUT2D eigenvalue weighted by atomic mass is 10.0. The molecule has 0 spiro atoms. The molecular formula is C12H14ClNO3. The molecule has 1 aromatic rings. The van der Waals surface area contributed by atoms with Gasteiger partial charge in [-0.2, -0.15) is 0 Å². The standard InChI is InChI=1S/C12H14ClNO3/c1-7-11(9(15)6-14)8(13)5-10-12(7)17-4-2-3-16-10/h5H,2-4,6,14H2,1H3. The van der Waals surface area contributed by atoms with Gasteiger partial charge in [0.25, 0.3) is 0 Å². The zero-order valence-corrected chi connectivity index (χ0v) is 10.3. The van der Waals surface area contributed by atoms with Crippen molar-refractivity contribution in [2.75, 3.05) is 19.8 Å². The number of ketones is 1. The van der Waals surface area contributed by atoms with Gasteiger partial charge in [-0.3, -0.25) is 4.79 Å². The second kappa shape index (κ2) is 4.94. The highest BCUT2D eigenvalue weighted by Gasteiger charge is 2.21. The van der Waals surface area contributed by atoms with E-state index in [1.807, 2.05) is 0 Å². The monoisotopic (exact) mass is 255 g/mol. The van der Waals surface area contributed by atoms with Gasteiger partial charge in [-0.15, -0.1) is 0 Å². The van der Waals surface area contributed by atoms with Crippen molar-refractivity contribution in [1.29, 1.82) is 0 Å². The van der Waals surface area contributed by atoms with Crippen LogP contribution in [0.4, 0.5) is 0 Å². The Labute approximate surface area is 105 Å². The summed E-state index contributed by atoms with van der Waals surface area (Å²) in [7, 11) is 0. The van der Waals surface area contributed by atoms with Crippen LogP contribution in [0.3, 0.4) is 0 Å². The smallest absolute Gasteiger partial charge is 0.178 e. The Bertz CT molecular complexity index is 460. The SMILES string of the molecule is Cc1c2c(cc(Cl)c1C(=O)CN)OCCCO2. The lowest BCUT2D eigenvalue weighted by Crippen LogP contribution is -2.16. The first-order chi connectivity index (χ1) is 8.15. The van der Waals surface area contributed by atoms with Crippen LogP contribution in [0.2, 0.25) is 5.02 Å². The van der Waals surface area contributed by atoms with Crippen LogP contribution in [0, 0.1) is 6.92 Å². The number of benzene rings is 1. The molecule has 0 saturated heterocycles. The van der Waals surface area contributed by atoms with Crippen LogP contribution in [0.25, 0.3) is 0 Å². The summed E-state index contributed by atoms with van der Waals surface area (Å²) < 4.78 is 11.1. The molecule has 1 aliphatic heterocycles. The number of carbonyl (C=O) groups is 1. The van der Waals surface area contributed by atoms with Gasteiger partial charge >= 0.3 is 0 Å². The van der Waals surface area contributed by atoms with Crippen molar-refractivity contribution in [3.8, 4) is 11.5 Å². The average molecular weight is 256 g/mol. The first kappa shape index (κ1) is 12.2. The maximum Gasteiger partial charge on any atom is 0.178 e. The van der Waals surface area contributed by atoms with Crippen molar-refractivity contribution in [3.63, 3.8) is 0 Å². The van der Waals surface area contributed by atoms with Gasteiger partial charge in [0, 0.05) is 23.6 Å². The number of nitrogens with two attached hydrogens (primary N) is 1. The van der Waals surface area contributed by atoms with Gasteiger partial charge in [0.15, 0.2) is 17.3 Å². The molecule has 92 valence electrons. The number of ether oxygens (including phenoxy) is 2. The zero-order chi connectivity index (χ0) is 12.4. The molecule has 1 aromatic carbocycles. The van der Waals surface area contributed by atoms with Crippen LogP contribution >= 0.6 is 11.6 Å². The predicted molar refractivity (Wildman–Crippen MR) is 65.2 cm³/mol. The number of Topliss-reactive ketones (excluding diaryl/α,β-unsaturated/α-hetero) is 1. The van der Waals surface area contributed by atoms with Gasteiger partial charge in [0.2, 0.25) is 0 Å². The summed E-state index contributed by atoms with van der Waals surface area (Å²) in [6.07, 6.45) is 0.811. The number of carbonyl (C=O) groups excluding carboxylic acids is 1. The van der Waals surface area contributed by atoms with Crippen molar-refractivity contribution in [1.82, 2.24) is 0 Å². The molecule has 0 atom stereocenters.